The van der Waals surface area contributed by atoms with Crippen molar-refractivity contribution in [3.05, 3.63) is 24.8 Å². The maximum atomic E-state index is 11.6. The highest BCUT2D eigenvalue weighted by Gasteiger charge is 2.21. The van der Waals surface area contributed by atoms with Crippen LogP contribution in [0.4, 0.5) is 0 Å². The van der Waals surface area contributed by atoms with Crippen molar-refractivity contribution in [3.8, 4) is 0 Å². The van der Waals surface area contributed by atoms with Gasteiger partial charge >= 0.3 is 11.9 Å². The molecule has 0 aliphatic rings. The first-order valence-electron chi connectivity index (χ1n) is 16.8. The Bertz CT molecular complexity index is 583. The van der Waals surface area contributed by atoms with E-state index >= 15 is 0 Å². The lowest BCUT2D eigenvalue weighted by Crippen LogP contribution is -2.19. The maximum absolute atomic E-state index is 11.6. The lowest BCUT2D eigenvalue weighted by Gasteiger charge is -2.11. The molecule has 0 bridgehead atoms. The first-order chi connectivity index (χ1) is 19.1. The molecule has 4 nitrogen and oxygen atoms in total. The average Bonchev–Trinajstić information content (AvgIpc) is 2.93. The van der Waals surface area contributed by atoms with Crippen LogP contribution in [0.5, 0.6) is 0 Å². The SMILES string of the molecule is C=CCOC(=O)CC(CCCCCCCCCCCCCCCCCCCCCCC/C=C/CCC)C(=O)O. The molecular formula is C35H64O4. The van der Waals surface area contributed by atoms with E-state index < -0.39 is 17.9 Å². The first kappa shape index (κ1) is 37.4. The molecule has 0 saturated carbocycles. The summed E-state index contributed by atoms with van der Waals surface area (Å²) < 4.78 is 4.91. The number of unbranched alkanes of at least 4 members (excludes halogenated alkanes) is 22. The number of rotatable bonds is 31. The van der Waals surface area contributed by atoms with E-state index in [0.29, 0.717) is 6.42 Å². The molecule has 0 aromatic rings. The molecule has 0 aliphatic heterocycles. The molecule has 0 aromatic heterocycles. The van der Waals surface area contributed by atoms with E-state index in [2.05, 4.69) is 25.7 Å². The number of hydrogen-bond acceptors (Lipinski definition) is 3. The number of carboxylic acids is 1. The van der Waals surface area contributed by atoms with E-state index in [1.54, 1.807) is 0 Å². The molecule has 0 rings (SSSR count). The van der Waals surface area contributed by atoms with Gasteiger partial charge in [0.1, 0.15) is 6.61 Å². The van der Waals surface area contributed by atoms with Gasteiger partial charge in [-0.3, -0.25) is 9.59 Å². The minimum atomic E-state index is -0.899. The van der Waals surface area contributed by atoms with Crippen LogP contribution in [0.3, 0.4) is 0 Å². The Labute approximate surface area is 242 Å². The minimum absolute atomic E-state index is 0.0405. The highest BCUT2D eigenvalue weighted by Crippen LogP contribution is 2.18. The molecule has 1 atom stereocenters. The van der Waals surface area contributed by atoms with Crippen molar-refractivity contribution < 1.29 is 19.4 Å². The molecule has 0 spiro atoms. The van der Waals surface area contributed by atoms with Crippen LogP contribution in [0.25, 0.3) is 0 Å². The average molecular weight is 549 g/mol. The van der Waals surface area contributed by atoms with Crippen molar-refractivity contribution in [1.82, 2.24) is 0 Å². The third-order valence-electron chi connectivity index (χ3n) is 7.67. The van der Waals surface area contributed by atoms with Crippen LogP contribution in [-0.2, 0) is 14.3 Å². The fourth-order valence-corrected chi connectivity index (χ4v) is 5.14. The highest BCUT2D eigenvalue weighted by molar-refractivity contribution is 5.78. The number of aliphatic carboxylic acids is 1. The molecule has 228 valence electrons. The van der Waals surface area contributed by atoms with Crippen LogP contribution in [0.2, 0.25) is 0 Å². The van der Waals surface area contributed by atoms with Gasteiger partial charge < -0.3 is 9.84 Å². The van der Waals surface area contributed by atoms with Gasteiger partial charge in [-0.15, -0.1) is 0 Å². The number of allylic oxidation sites excluding steroid dienone is 2. The molecule has 0 fully saturated rings. The van der Waals surface area contributed by atoms with E-state index in [0.717, 1.165) is 19.3 Å². The molecule has 39 heavy (non-hydrogen) atoms. The Morgan fingerprint density at radius 3 is 1.41 bits per heavy atom. The van der Waals surface area contributed by atoms with E-state index in [9.17, 15) is 14.7 Å². The van der Waals surface area contributed by atoms with Crippen molar-refractivity contribution >= 4 is 11.9 Å². The van der Waals surface area contributed by atoms with Crippen molar-refractivity contribution in [3.63, 3.8) is 0 Å². The van der Waals surface area contributed by atoms with E-state index in [-0.39, 0.29) is 13.0 Å². The summed E-state index contributed by atoms with van der Waals surface area (Å²) in [5, 5.41) is 9.31. The standard InChI is InChI=1S/C35H64O4/c1-3-5-6-7-8-9-10-11-12-13-14-15-16-17-18-19-20-21-22-23-24-25-26-27-28-29-30-33(35(37)38)32-34(36)39-31-4-2/h4,6-7,33H,2-3,5,8-32H2,1H3,(H,37,38)/b7-6+. The normalized spacial score (nSPS) is 12.1. The van der Waals surface area contributed by atoms with Gasteiger partial charge in [-0.05, 0) is 25.7 Å². The topological polar surface area (TPSA) is 63.6 Å². The molecule has 0 amide bonds. The number of ether oxygens (including phenoxy) is 1. The van der Waals surface area contributed by atoms with Gasteiger partial charge in [-0.25, -0.2) is 0 Å². The van der Waals surface area contributed by atoms with Gasteiger partial charge in [-0.1, -0.05) is 167 Å². The van der Waals surface area contributed by atoms with Crippen molar-refractivity contribution in [1.29, 1.82) is 0 Å². The lowest BCUT2D eigenvalue weighted by molar-refractivity contribution is -0.151. The first-order valence-corrected chi connectivity index (χ1v) is 16.8. The zero-order chi connectivity index (χ0) is 28.7. The lowest BCUT2D eigenvalue weighted by atomic mass is 9.97. The van der Waals surface area contributed by atoms with E-state index in [4.69, 9.17) is 4.74 Å². The fourth-order valence-electron chi connectivity index (χ4n) is 5.14. The Kier molecular flexibility index (Phi) is 29.7. The van der Waals surface area contributed by atoms with Gasteiger partial charge in [0.15, 0.2) is 0 Å². The minimum Gasteiger partial charge on any atom is -0.481 e. The molecule has 1 unspecified atom stereocenters. The number of carboxylic acid groups (broad SMARTS) is 1. The molecule has 0 aromatic carbocycles. The quantitative estimate of drug-likeness (QED) is 0.0531. The molecule has 0 saturated heterocycles. The maximum Gasteiger partial charge on any atom is 0.307 e. The number of carbonyl (C=O) groups is 2. The van der Waals surface area contributed by atoms with Crippen LogP contribution in [0, 0.1) is 5.92 Å². The third-order valence-corrected chi connectivity index (χ3v) is 7.67. The van der Waals surface area contributed by atoms with E-state index in [1.807, 2.05) is 0 Å². The van der Waals surface area contributed by atoms with Crippen LogP contribution in [0.15, 0.2) is 24.8 Å². The summed E-state index contributed by atoms with van der Waals surface area (Å²) in [5.74, 6) is -1.98. The molecule has 1 N–H and O–H groups in total. The zero-order valence-electron chi connectivity index (χ0n) is 25.8. The Morgan fingerprint density at radius 1 is 0.641 bits per heavy atom. The van der Waals surface area contributed by atoms with Crippen LogP contribution in [-0.4, -0.2) is 23.7 Å². The Morgan fingerprint density at radius 2 is 1.03 bits per heavy atom. The fraction of sp³-hybridized carbons (Fsp3) is 0.829. The van der Waals surface area contributed by atoms with Crippen LogP contribution < -0.4 is 0 Å². The number of esters is 1. The summed E-state index contributed by atoms with van der Waals surface area (Å²) in [6, 6.07) is 0. The second-order valence-corrected chi connectivity index (χ2v) is 11.5. The summed E-state index contributed by atoms with van der Waals surface area (Å²) in [7, 11) is 0. The van der Waals surface area contributed by atoms with Gasteiger partial charge in [0, 0.05) is 0 Å². The second-order valence-electron chi connectivity index (χ2n) is 11.5. The zero-order valence-corrected chi connectivity index (χ0v) is 25.8. The largest absolute Gasteiger partial charge is 0.481 e. The van der Waals surface area contributed by atoms with Crippen LogP contribution >= 0.6 is 0 Å². The van der Waals surface area contributed by atoms with Gasteiger partial charge in [-0.2, -0.15) is 0 Å². The predicted molar refractivity (Wildman–Crippen MR) is 167 cm³/mol. The summed E-state index contributed by atoms with van der Waals surface area (Å²) >= 11 is 0. The van der Waals surface area contributed by atoms with Gasteiger partial charge in [0.2, 0.25) is 0 Å². The second kappa shape index (κ2) is 31.0. The number of carbonyl (C=O) groups excluding carboxylic acids is 1. The molecule has 0 radical (unpaired) electrons. The van der Waals surface area contributed by atoms with Gasteiger partial charge in [0.05, 0.1) is 12.3 Å². The molecule has 4 heteroatoms. The van der Waals surface area contributed by atoms with Crippen molar-refractivity contribution in [2.24, 2.45) is 5.92 Å². The molecule has 0 heterocycles. The highest BCUT2D eigenvalue weighted by atomic mass is 16.5. The Hall–Kier alpha value is -1.58. The van der Waals surface area contributed by atoms with Crippen LogP contribution in [0.1, 0.15) is 174 Å². The van der Waals surface area contributed by atoms with Crippen molar-refractivity contribution in [2.45, 2.75) is 174 Å². The molecular weight excluding hydrogens is 484 g/mol. The monoisotopic (exact) mass is 548 g/mol. The smallest absolute Gasteiger partial charge is 0.307 e. The summed E-state index contributed by atoms with van der Waals surface area (Å²) in [6.45, 7) is 5.88. The summed E-state index contributed by atoms with van der Waals surface area (Å²) in [5.41, 5.74) is 0. The van der Waals surface area contributed by atoms with E-state index in [1.165, 1.54) is 141 Å². The Balaban J connectivity index is 3.29. The number of hydrogen-bond donors (Lipinski definition) is 1. The summed E-state index contributed by atoms with van der Waals surface area (Å²) in [6.07, 6.45) is 38.6. The summed E-state index contributed by atoms with van der Waals surface area (Å²) in [4.78, 5) is 23.0. The van der Waals surface area contributed by atoms with Crippen molar-refractivity contribution in [2.75, 3.05) is 6.61 Å². The predicted octanol–water partition coefficient (Wildman–Crippen LogP) is 11.1. The van der Waals surface area contributed by atoms with Gasteiger partial charge in [0.25, 0.3) is 0 Å². The molecule has 0 aliphatic carbocycles. The third kappa shape index (κ3) is 29.2.